The maximum absolute atomic E-state index is 9.79. The Bertz CT molecular complexity index is 142. The quantitative estimate of drug-likeness (QED) is 0.350. The third-order valence-electron chi connectivity index (χ3n) is 0.703. The van der Waals surface area contributed by atoms with Crippen molar-refractivity contribution >= 4 is 17.0 Å². The van der Waals surface area contributed by atoms with Gasteiger partial charge in [-0.25, -0.2) is 0 Å². The maximum atomic E-state index is 9.79. The topological polar surface area (TPSA) is 100 Å². The first-order valence-corrected chi connectivity index (χ1v) is 2.99. The largest absolute Gasteiger partial charge is 1.00 e. The molecule has 8 heteroatoms. The second-order valence-corrected chi connectivity index (χ2v) is 2.77. The first kappa shape index (κ1) is 18.3. The predicted octanol–water partition coefficient (Wildman–Crippen LogP) is -8.67. The molecule has 0 aromatic rings. The van der Waals surface area contributed by atoms with E-state index in [1.54, 1.807) is 0 Å². The molecule has 0 aromatic carbocycles. The number of carboxylic acids is 1. The van der Waals surface area contributed by atoms with Crippen LogP contribution in [-0.2, 0) is 15.9 Å². The van der Waals surface area contributed by atoms with Gasteiger partial charge in [0.2, 0.25) is 0 Å². The first-order chi connectivity index (χ1) is 3.89. The molecular weight excluding hydrogens is 194 g/mol. The molecule has 0 saturated carbocycles. The molecule has 0 bridgehead atoms. The minimum absolute atomic E-state index is 0. The van der Waals surface area contributed by atoms with Crippen LogP contribution in [0.4, 0.5) is 0 Å². The van der Waals surface area contributed by atoms with Gasteiger partial charge in [-0.15, -0.1) is 0 Å². The average Bonchev–Trinajstić information content (AvgIpc) is 1.65. The van der Waals surface area contributed by atoms with Crippen molar-refractivity contribution in [2.45, 2.75) is 11.9 Å². The van der Waals surface area contributed by atoms with E-state index in [4.69, 9.17) is 5.11 Å². The van der Waals surface area contributed by atoms with Gasteiger partial charge < -0.3 is 19.6 Å². The summed E-state index contributed by atoms with van der Waals surface area (Å²) in [7, 11) is 0. The van der Waals surface area contributed by atoms with Crippen LogP contribution in [0, 0.1) is 0 Å². The molecule has 0 spiro atoms. The summed E-state index contributed by atoms with van der Waals surface area (Å²) in [6.07, 6.45) is 0. The van der Waals surface area contributed by atoms with E-state index in [1.165, 1.54) is 0 Å². The summed E-state index contributed by atoms with van der Waals surface area (Å²) in [5.41, 5.74) is 0. The molecule has 0 heterocycles. The number of carboxylic acid groups (broad SMARTS) is 1. The van der Waals surface area contributed by atoms with Gasteiger partial charge in [0.1, 0.15) is 0 Å². The van der Waals surface area contributed by atoms with E-state index in [-0.39, 0.29) is 59.1 Å². The van der Waals surface area contributed by atoms with Crippen molar-refractivity contribution in [3.8, 4) is 0 Å². The molecule has 2 atom stereocenters. The summed E-state index contributed by atoms with van der Waals surface area (Å²) >= 11 is -3.06. The van der Waals surface area contributed by atoms with Gasteiger partial charge in [-0.3, -0.25) is 4.21 Å². The van der Waals surface area contributed by atoms with Gasteiger partial charge in [-0.1, -0.05) is 0 Å². The molecule has 0 aliphatic rings. The van der Waals surface area contributed by atoms with Crippen molar-refractivity contribution < 1.29 is 82.9 Å². The number of hydrogen-bond acceptors (Lipinski definition) is 5. The van der Waals surface area contributed by atoms with E-state index in [0.29, 0.717) is 6.92 Å². The average molecular weight is 198 g/mol. The van der Waals surface area contributed by atoms with Gasteiger partial charge in [0.25, 0.3) is 0 Å². The Balaban J connectivity index is -0.000000320. The number of carbonyl (C=O) groups is 1. The Morgan fingerprint density at radius 2 is 1.82 bits per heavy atom. The molecule has 0 fully saturated rings. The maximum Gasteiger partial charge on any atom is 1.00 e. The molecule has 0 aliphatic heterocycles. The van der Waals surface area contributed by atoms with E-state index in [2.05, 4.69) is 0 Å². The van der Waals surface area contributed by atoms with Gasteiger partial charge in [-0.2, -0.15) is 0 Å². The second kappa shape index (κ2) is 6.99. The van der Waals surface area contributed by atoms with Crippen LogP contribution in [-0.4, -0.2) is 24.8 Å². The summed E-state index contributed by atoms with van der Waals surface area (Å²) in [4.78, 5) is 6.93. The number of hydrogen-bond donors (Lipinski definition) is 1. The fraction of sp³-hybridized carbons (Fsp3) is 0.667. The van der Waals surface area contributed by atoms with E-state index in [0.717, 1.165) is 0 Å². The fourth-order valence-electron chi connectivity index (χ4n) is 0.0680. The predicted molar refractivity (Wildman–Crippen MR) is 24.6 cm³/mol. The molecule has 0 rings (SSSR count). The minimum Gasteiger partial charge on any atom is -0.770 e. The summed E-state index contributed by atoms with van der Waals surface area (Å²) in [5, 5.41) is 18.1. The standard InChI is InChI=1S/C3H6O5S.2Na/c1-3(6,2(4)5)9(7)8;;/h6H,1H3,(H,4,5)(H,7,8);;/q;2*+1/p-2. The van der Waals surface area contributed by atoms with E-state index in [9.17, 15) is 18.7 Å². The minimum atomic E-state index is -3.06. The molecule has 1 N–H and O–H groups in total. The first-order valence-electron chi connectivity index (χ1n) is 1.92. The summed E-state index contributed by atoms with van der Waals surface area (Å²) in [6.45, 7) is 0.617. The van der Waals surface area contributed by atoms with E-state index in [1.807, 2.05) is 0 Å². The Morgan fingerprint density at radius 3 is 1.82 bits per heavy atom. The van der Waals surface area contributed by atoms with Gasteiger partial charge in [0.05, 0.1) is 5.97 Å². The SMILES string of the molecule is CC(O)(C(=O)[O-])S(=O)[O-].[Na+].[Na+]. The van der Waals surface area contributed by atoms with Crippen LogP contribution in [0.25, 0.3) is 0 Å². The molecule has 5 nitrogen and oxygen atoms in total. The normalized spacial score (nSPS) is 16.6. The van der Waals surface area contributed by atoms with Crippen LogP contribution in [0.5, 0.6) is 0 Å². The zero-order valence-electron chi connectivity index (χ0n) is 6.49. The molecule has 0 aliphatic carbocycles. The molecular formula is C3H4Na2O5S. The second-order valence-electron chi connectivity index (χ2n) is 1.51. The molecule has 0 aromatic heterocycles. The van der Waals surface area contributed by atoms with Crippen LogP contribution in [0.1, 0.15) is 6.92 Å². The van der Waals surface area contributed by atoms with Crippen molar-refractivity contribution in [1.82, 2.24) is 0 Å². The Morgan fingerprint density at radius 1 is 1.55 bits per heavy atom. The molecule has 2 unspecified atom stereocenters. The Hall–Kier alpha value is 1.54. The van der Waals surface area contributed by atoms with Gasteiger partial charge in [0, 0.05) is 0 Å². The van der Waals surface area contributed by atoms with Crippen molar-refractivity contribution in [2.75, 3.05) is 0 Å². The number of aliphatic carboxylic acids is 1. The van der Waals surface area contributed by atoms with Crippen LogP contribution < -0.4 is 64.2 Å². The van der Waals surface area contributed by atoms with Crippen molar-refractivity contribution in [3.63, 3.8) is 0 Å². The molecule has 11 heavy (non-hydrogen) atoms. The molecule has 0 saturated heterocycles. The molecule has 0 amide bonds. The van der Waals surface area contributed by atoms with Crippen LogP contribution in [0.3, 0.4) is 0 Å². The van der Waals surface area contributed by atoms with Crippen molar-refractivity contribution in [1.29, 1.82) is 0 Å². The van der Waals surface area contributed by atoms with Crippen LogP contribution in [0.15, 0.2) is 0 Å². The van der Waals surface area contributed by atoms with Crippen LogP contribution >= 0.6 is 0 Å². The van der Waals surface area contributed by atoms with Gasteiger partial charge >= 0.3 is 59.1 Å². The third kappa shape index (κ3) is 5.73. The molecule has 0 radical (unpaired) electrons. The smallest absolute Gasteiger partial charge is 0.770 e. The van der Waals surface area contributed by atoms with Crippen molar-refractivity contribution in [3.05, 3.63) is 0 Å². The zero-order valence-corrected chi connectivity index (χ0v) is 11.3. The van der Waals surface area contributed by atoms with Gasteiger partial charge in [-0.05, 0) is 18.0 Å². The van der Waals surface area contributed by atoms with Crippen molar-refractivity contribution in [2.24, 2.45) is 0 Å². The number of rotatable bonds is 2. The summed E-state index contributed by atoms with van der Waals surface area (Å²) in [5.74, 6) is -2.03. The zero-order chi connectivity index (χ0) is 7.65. The third-order valence-corrected chi connectivity index (χ3v) is 1.52. The summed E-state index contributed by atoms with van der Waals surface area (Å²) in [6, 6.07) is 0. The monoisotopic (exact) mass is 198 g/mol. The number of aliphatic hydroxyl groups is 1. The Labute approximate surface area is 110 Å². The number of carbonyl (C=O) groups excluding carboxylic acids is 1. The van der Waals surface area contributed by atoms with E-state index < -0.39 is 22.0 Å². The molecule has 54 valence electrons. The van der Waals surface area contributed by atoms with Crippen LogP contribution in [0.2, 0.25) is 0 Å². The van der Waals surface area contributed by atoms with E-state index >= 15 is 0 Å². The Kier molecular flexibility index (Phi) is 11.7. The summed E-state index contributed by atoms with van der Waals surface area (Å²) < 4.78 is 19.6. The fourth-order valence-corrected chi connectivity index (χ4v) is 0.204. The van der Waals surface area contributed by atoms with Gasteiger partial charge in [0.15, 0.2) is 4.93 Å².